The summed E-state index contributed by atoms with van der Waals surface area (Å²) in [7, 11) is 0. The van der Waals surface area contributed by atoms with Gasteiger partial charge >= 0.3 is 5.69 Å². The van der Waals surface area contributed by atoms with E-state index in [1.807, 2.05) is 0 Å². The molecule has 3 N–H and O–H groups in total. The zero-order valence-electron chi connectivity index (χ0n) is 10.7. The van der Waals surface area contributed by atoms with Crippen LogP contribution in [0.25, 0.3) is 0 Å². The Morgan fingerprint density at radius 3 is 2.67 bits per heavy atom. The van der Waals surface area contributed by atoms with Crippen LogP contribution < -0.4 is 10.6 Å². The van der Waals surface area contributed by atoms with Gasteiger partial charge in [0.15, 0.2) is 5.75 Å². The molecule has 0 radical (unpaired) electrons. The van der Waals surface area contributed by atoms with Crippen LogP contribution in [-0.2, 0) is 0 Å². The summed E-state index contributed by atoms with van der Waals surface area (Å²) in [4.78, 5) is 22.2. The quantitative estimate of drug-likeness (QED) is 0.579. The van der Waals surface area contributed by atoms with Gasteiger partial charge in [0.25, 0.3) is 5.91 Å². The fraction of sp³-hybridized carbons (Fsp3) is 0.0714. The second kappa shape index (κ2) is 4.78. The Labute approximate surface area is 119 Å². The summed E-state index contributed by atoms with van der Waals surface area (Å²) in [5.74, 6) is -0.670. The lowest BCUT2D eigenvalue weighted by atomic mass is 10.1. The average molecular weight is 285 g/mol. The summed E-state index contributed by atoms with van der Waals surface area (Å²) in [5, 5.41) is 26.1. The van der Waals surface area contributed by atoms with Crippen molar-refractivity contribution in [3.8, 4) is 5.75 Å². The number of phenols is 1. The lowest BCUT2D eigenvalue weighted by molar-refractivity contribution is -0.385. The third-order valence-corrected chi connectivity index (χ3v) is 3.28. The van der Waals surface area contributed by atoms with E-state index < -0.39 is 22.5 Å². The van der Waals surface area contributed by atoms with Gasteiger partial charge in [-0.15, -0.1) is 0 Å². The van der Waals surface area contributed by atoms with Crippen LogP contribution in [0.4, 0.5) is 11.4 Å². The normalized spacial score (nSPS) is 16.6. The predicted molar refractivity (Wildman–Crippen MR) is 75.0 cm³/mol. The number of hydrogen-bond acceptors (Lipinski definition) is 5. The van der Waals surface area contributed by atoms with Gasteiger partial charge in [-0.3, -0.25) is 14.9 Å². The molecule has 0 fully saturated rings. The van der Waals surface area contributed by atoms with Gasteiger partial charge in [0.05, 0.1) is 10.5 Å². The molecule has 0 saturated carbocycles. The Kier molecular flexibility index (Phi) is 2.94. The molecular weight excluding hydrogens is 274 g/mol. The van der Waals surface area contributed by atoms with Crippen molar-refractivity contribution in [1.82, 2.24) is 5.32 Å². The van der Waals surface area contributed by atoms with Gasteiger partial charge in [0.2, 0.25) is 0 Å². The number of rotatable bonds is 2. The zero-order valence-corrected chi connectivity index (χ0v) is 10.7. The topological polar surface area (TPSA) is 104 Å². The van der Waals surface area contributed by atoms with E-state index in [1.165, 1.54) is 18.2 Å². The molecule has 1 heterocycles. The molecule has 7 nitrogen and oxygen atoms in total. The molecule has 106 valence electrons. The lowest BCUT2D eigenvalue weighted by Gasteiger charge is -2.28. The molecule has 0 spiro atoms. The van der Waals surface area contributed by atoms with Gasteiger partial charge in [0, 0.05) is 17.3 Å². The minimum absolute atomic E-state index is 0.259. The number of nitrogens with one attached hydrogen (secondary N) is 2. The predicted octanol–water partition coefficient (Wildman–Crippen LogP) is 2.15. The summed E-state index contributed by atoms with van der Waals surface area (Å²) in [6.07, 6.45) is -0.591. The zero-order chi connectivity index (χ0) is 15.0. The SMILES string of the molecule is O=C1N[C@H](c2ccc(O)c([N+](=O)[O-])c2)Nc2ccccc21. The molecule has 0 saturated heterocycles. The van der Waals surface area contributed by atoms with E-state index in [4.69, 9.17) is 0 Å². The number of nitrogens with zero attached hydrogens (tertiary/aromatic N) is 1. The maximum Gasteiger partial charge on any atom is 0.311 e. The van der Waals surface area contributed by atoms with Crippen molar-refractivity contribution in [3.63, 3.8) is 0 Å². The Morgan fingerprint density at radius 1 is 1.14 bits per heavy atom. The van der Waals surface area contributed by atoms with Crippen molar-refractivity contribution in [2.24, 2.45) is 0 Å². The summed E-state index contributed by atoms with van der Waals surface area (Å²) in [6.45, 7) is 0. The van der Waals surface area contributed by atoms with E-state index in [9.17, 15) is 20.0 Å². The first-order valence-corrected chi connectivity index (χ1v) is 6.20. The number of carbonyl (C=O) groups excluding carboxylic acids is 1. The van der Waals surface area contributed by atoms with Crippen molar-refractivity contribution >= 4 is 17.3 Å². The van der Waals surface area contributed by atoms with Crippen molar-refractivity contribution in [2.75, 3.05) is 5.32 Å². The van der Waals surface area contributed by atoms with E-state index in [0.717, 1.165) is 0 Å². The minimum Gasteiger partial charge on any atom is -0.502 e. The monoisotopic (exact) mass is 285 g/mol. The van der Waals surface area contributed by atoms with Crippen molar-refractivity contribution in [2.45, 2.75) is 6.17 Å². The summed E-state index contributed by atoms with van der Waals surface area (Å²) >= 11 is 0. The first-order chi connectivity index (χ1) is 10.1. The molecule has 21 heavy (non-hydrogen) atoms. The van der Waals surface area contributed by atoms with Crippen LogP contribution in [0.5, 0.6) is 5.75 Å². The highest BCUT2D eigenvalue weighted by molar-refractivity contribution is 6.01. The highest BCUT2D eigenvalue weighted by Crippen LogP contribution is 2.31. The second-order valence-corrected chi connectivity index (χ2v) is 4.60. The number of fused-ring (bicyclic) bond motifs is 1. The number of para-hydroxylation sites is 1. The van der Waals surface area contributed by atoms with Crippen molar-refractivity contribution < 1.29 is 14.8 Å². The first kappa shape index (κ1) is 12.9. The Balaban J connectivity index is 1.98. The number of anilines is 1. The van der Waals surface area contributed by atoms with E-state index in [2.05, 4.69) is 10.6 Å². The smallest absolute Gasteiger partial charge is 0.311 e. The number of nitro benzene ring substituents is 1. The van der Waals surface area contributed by atoms with Crippen LogP contribution >= 0.6 is 0 Å². The number of amides is 1. The summed E-state index contributed by atoms with van der Waals surface area (Å²) < 4.78 is 0. The highest BCUT2D eigenvalue weighted by Gasteiger charge is 2.26. The molecule has 1 atom stereocenters. The van der Waals surface area contributed by atoms with Gasteiger partial charge < -0.3 is 15.7 Å². The molecule has 1 aliphatic heterocycles. The summed E-state index contributed by atoms with van der Waals surface area (Å²) in [5.41, 5.74) is 1.26. The maximum atomic E-state index is 12.0. The van der Waals surface area contributed by atoms with Crippen molar-refractivity contribution in [3.05, 3.63) is 63.7 Å². The molecule has 0 bridgehead atoms. The highest BCUT2D eigenvalue weighted by atomic mass is 16.6. The van der Waals surface area contributed by atoms with Gasteiger partial charge in [0.1, 0.15) is 6.17 Å². The summed E-state index contributed by atoms with van der Waals surface area (Å²) in [6, 6.07) is 11.0. The molecule has 7 heteroatoms. The third-order valence-electron chi connectivity index (χ3n) is 3.28. The van der Waals surface area contributed by atoms with E-state index in [0.29, 0.717) is 16.8 Å². The molecular formula is C14H11N3O4. The molecule has 0 aliphatic carbocycles. The minimum atomic E-state index is -0.669. The molecule has 0 aromatic heterocycles. The molecule has 1 amide bonds. The second-order valence-electron chi connectivity index (χ2n) is 4.60. The van der Waals surface area contributed by atoms with Gasteiger partial charge in [-0.1, -0.05) is 18.2 Å². The van der Waals surface area contributed by atoms with Gasteiger partial charge in [-0.2, -0.15) is 0 Å². The number of nitro groups is 1. The molecule has 2 aromatic rings. The fourth-order valence-electron chi connectivity index (χ4n) is 2.24. The van der Waals surface area contributed by atoms with E-state index in [-0.39, 0.29) is 5.91 Å². The van der Waals surface area contributed by atoms with Gasteiger partial charge in [-0.05, 0) is 18.2 Å². The van der Waals surface area contributed by atoms with Crippen LogP contribution in [0.15, 0.2) is 42.5 Å². The maximum absolute atomic E-state index is 12.0. The standard InChI is InChI=1S/C14H11N3O4/c18-12-6-5-8(7-11(12)17(20)21)13-15-10-4-2-1-3-9(10)14(19)16-13/h1-7,13,15,18H,(H,16,19)/t13-/m1/s1. The van der Waals surface area contributed by atoms with Crippen LogP contribution in [-0.4, -0.2) is 15.9 Å². The Hall–Kier alpha value is -3.09. The van der Waals surface area contributed by atoms with Crippen LogP contribution in [0.2, 0.25) is 0 Å². The van der Waals surface area contributed by atoms with E-state index in [1.54, 1.807) is 24.3 Å². The Bertz CT molecular complexity index is 745. The van der Waals surface area contributed by atoms with Crippen LogP contribution in [0.3, 0.4) is 0 Å². The molecule has 0 unspecified atom stereocenters. The third kappa shape index (κ3) is 2.25. The number of aromatic hydroxyl groups is 1. The van der Waals surface area contributed by atoms with Gasteiger partial charge in [-0.25, -0.2) is 0 Å². The lowest BCUT2D eigenvalue weighted by Crippen LogP contribution is -2.38. The Morgan fingerprint density at radius 2 is 1.90 bits per heavy atom. The number of phenolic OH excluding ortho intramolecular Hbond substituents is 1. The fourth-order valence-corrected chi connectivity index (χ4v) is 2.24. The number of hydrogen-bond donors (Lipinski definition) is 3. The number of carbonyl (C=O) groups is 1. The average Bonchev–Trinajstić information content (AvgIpc) is 2.47. The molecule has 3 rings (SSSR count). The molecule has 2 aromatic carbocycles. The largest absolute Gasteiger partial charge is 0.502 e. The van der Waals surface area contributed by atoms with Crippen LogP contribution in [0, 0.1) is 10.1 Å². The van der Waals surface area contributed by atoms with Crippen LogP contribution in [0.1, 0.15) is 22.1 Å². The van der Waals surface area contributed by atoms with Crippen molar-refractivity contribution in [1.29, 1.82) is 0 Å². The van der Waals surface area contributed by atoms with E-state index >= 15 is 0 Å². The number of benzene rings is 2. The first-order valence-electron chi connectivity index (χ1n) is 6.20. The molecule has 1 aliphatic rings.